The van der Waals surface area contributed by atoms with Crippen LogP contribution in [-0.4, -0.2) is 16.0 Å². The van der Waals surface area contributed by atoms with E-state index in [1.165, 1.54) is 11.6 Å². The molecule has 34 heavy (non-hydrogen) atoms. The van der Waals surface area contributed by atoms with Crippen molar-refractivity contribution in [1.82, 2.24) is 10.3 Å². The normalized spacial score (nSPS) is 12.1. The minimum absolute atomic E-state index is 0.193. The second-order valence-corrected chi connectivity index (χ2v) is 8.81. The van der Waals surface area contributed by atoms with Gasteiger partial charge in [-0.3, -0.25) is 10.1 Å². The summed E-state index contributed by atoms with van der Waals surface area (Å²) in [4.78, 5) is 16.9. The zero-order valence-electron chi connectivity index (χ0n) is 18.8. The van der Waals surface area contributed by atoms with Gasteiger partial charge in [-0.2, -0.15) is 0 Å². The molecular weight excluding hydrogens is 466 g/mol. The predicted molar refractivity (Wildman–Crippen MR) is 143 cm³/mol. The molecule has 0 spiro atoms. The zero-order chi connectivity index (χ0) is 24.1. The number of oxazole rings is 1. The van der Waals surface area contributed by atoms with Gasteiger partial charge in [0, 0.05) is 22.3 Å². The predicted octanol–water partition coefficient (Wildman–Crippen LogP) is 7.19. The van der Waals surface area contributed by atoms with Crippen molar-refractivity contribution in [2.24, 2.45) is 0 Å². The summed E-state index contributed by atoms with van der Waals surface area (Å²) in [6, 6.07) is 20.8. The Morgan fingerprint density at radius 2 is 1.94 bits per heavy atom. The van der Waals surface area contributed by atoms with Crippen molar-refractivity contribution in [1.29, 1.82) is 0 Å². The highest BCUT2D eigenvalue weighted by molar-refractivity contribution is 7.80. The van der Waals surface area contributed by atoms with Crippen molar-refractivity contribution in [3.63, 3.8) is 0 Å². The Morgan fingerprint density at radius 3 is 2.71 bits per heavy atom. The van der Waals surface area contributed by atoms with Crippen LogP contribution >= 0.6 is 23.8 Å². The van der Waals surface area contributed by atoms with E-state index in [9.17, 15) is 4.79 Å². The molecule has 1 heterocycles. The summed E-state index contributed by atoms with van der Waals surface area (Å²) in [5.41, 5.74) is 5.21. The van der Waals surface area contributed by atoms with Gasteiger partial charge in [-0.25, -0.2) is 4.98 Å². The number of hydrogen-bond acceptors (Lipinski definition) is 4. The monoisotopic (exact) mass is 489 g/mol. The van der Waals surface area contributed by atoms with Gasteiger partial charge in [0.15, 0.2) is 10.7 Å². The molecule has 0 unspecified atom stereocenters. The fourth-order valence-corrected chi connectivity index (χ4v) is 3.75. The van der Waals surface area contributed by atoms with Crippen LogP contribution in [0, 0.1) is 0 Å². The summed E-state index contributed by atoms with van der Waals surface area (Å²) in [5, 5.41) is 6.51. The van der Waals surface area contributed by atoms with Crippen LogP contribution in [-0.2, 0) is 4.79 Å². The second kappa shape index (κ2) is 10.6. The summed E-state index contributed by atoms with van der Waals surface area (Å²) in [6.45, 7) is 4.37. The molecule has 0 aliphatic rings. The average molecular weight is 490 g/mol. The Labute approximate surface area is 208 Å². The number of nitrogens with one attached hydrogen (secondary N) is 2. The molecular formula is C27H24ClN3O2S. The van der Waals surface area contributed by atoms with Crippen molar-refractivity contribution >= 4 is 57.7 Å². The average Bonchev–Trinajstić information content (AvgIpc) is 3.27. The second-order valence-electron chi connectivity index (χ2n) is 7.96. The van der Waals surface area contributed by atoms with Crippen LogP contribution in [0.4, 0.5) is 5.69 Å². The summed E-state index contributed by atoms with van der Waals surface area (Å²) in [6.07, 6.45) is 4.17. The molecule has 4 rings (SSSR count). The zero-order valence-corrected chi connectivity index (χ0v) is 20.4. The van der Waals surface area contributed by atoms with Crippen LogP contribution in [0.1, 0.15) is 37.3 Å². The molecule has 0 saturated heterocycles. The van der Waals surface area contributed by atoms with Gasteiger partial charge in [0.05, 0.1) is 0 Å². The molecule has 1 amide bonds. The van der Waals surface area contributed by atoms with Crippen molar-refractivity contribution in [3.8, 4) is 11.5 Å². The highest BCUT2D eigenvalue weighted by Gasteiger charge is 2.12. The first-order chi connectivity index (χ1) is 16.4. The lowest BCUT2D eigenvalue weighted by Gasteiger charge is -2.09. The fraction of sp³-hybridized carbons (Fsp3) is 0.148. The lowest BCUT2D eigenvalue weighted by molar-refractivity contribution is -0.115. The van der Waals surface area contributed by atoms with Crippen LogP contribution in [0.25, 0.3) is 28.6 Å². The number of nitrogens with zero attached hydrogens (tertiary/aromatic N) is 1. The minimum atomic E-state index is -0.334. The Morgan fingerprint density at radius 1 is 1.15 bits per heavy atom. The first-order valence-corrected chi connectivity index (χ1v) is 11.8. The quantitative estimate of drug-likeness (QED) is 0.221. The molecule has 0 aliphatic carbocycles. The lowest BCUT2D eigenvalue weighted by Crippen LogP contribution is -2.32. The molecule has 1 aromatic heterocycles. The maximum Gasteiger partial charge on any atom is 0.250 e. The molecule has 2 N–H and O–H groups in total. The Hall–Kier alpha value is -3.48. The van der Waals surface area contributed by atoms with Gasteiger partial charge in [-0.15, -0.1) is 0 Å². The Bertz CT molecular complexity index is 1360. The smallest absolute Gasteiger partial charge is 0.250 e. The van der Waals surface area contributed by atoms with E-state index >= 15 is 0 Å². The number of halogens is 1. The summed E-state index contributed by atoms with van der Waals surface area (Å²) in [5.74, 6) is 0.662. The molecule has 0 saturated carbocycles. The highest BCUT2D eigenvalue weighted by atomic mass is 35.5. The van der Waals surface area contributed by atoms with Gasteiger partial charge < -0.3 is 9.73 Å². The molecule has 3 aromatic carbocycles. The summed E-state index contributed by atoms with van der Waals surface area (Å²) in [7, 11) is 0. The fourth-order valence-electron chi connectivity index (χ4n) is 3.40. The Balaban J connectivity index is 1.42. The van der Waals surface area contributed by atoms with Gasteiger partial charge >= 0.3 is 0 Å². The number of anilines is 1. The van der Waals surface area contributed by atoms with E-state index in [4.69, 9.17) is 28.2 Å². The SMILES string of the molecule is CC[C@@H](C)c1ccc2oc(-c3cccc(NC(=S)NC(=O)/C=C/c4ccc(Cl)cc4)c3)nc2c1. The first-order valence-electron chi connectivity index (χ1n) is 11.0. The minimum Gasteiger partial charge on any atom is -0.436 e. The van der Waals surface area contributed by atoms with E-state index in [1.54, 1.807) is 18.2 Å². The Kier molecular flexibility index (Phi) is 7.40. The number of carbonyl (C=O) groups is 1. The lowest BCUT2D eigenvalue weighted by atomic mass is 9.98. The first kappa shape index (κ1) is 23.7. The molecule has 5 nitrogen and oxygen atoms in total. The van der Waals surface area contributed by atoms with Crippen LogP contribution in [0.5, 0.6) is 0 Å². The van der Waals surface area contributed by atoms with E-state index in [2.05, 4.69) is 41.6 Å². The number of hydrogen-bond donors (Lipinski definition) is 2. The number of rotatable bonds is 6. The third-order valence-corrected chi connectivity index (χ3v) is 5.95. The molecule has 0 aliphatic heterocycles. The molecule has 0 radical (unpaired) electrons. The maximum atomic E-state index is 12.2. The van der Waals surface area contributed by atoms with E-state index in [-0.39, 0.29) is 11.0 Å². The maximum absolute atomic E-state index is 12.2. The van der Waals surface area contributed by atoms with Crippen molar-refractivity contribution in [2.45, 2.75) is 26.2 Å². The van der Waals surface area contributed by atoms with Gasteiger partial charge in [0.25, 0.3) is 0 Å². The topological polar surface area (TPSA) is 67.2 Å². The van der Waals surface area contributed by atoms with Gasteiger partial charge in [-0.1, -0.05) is 49.7 Å². The van der Waals surface area contributed by atoms with E-state index < -0.39 is 0 Å². The van der Waals surface area contributed by atoms with Gasteiger partial charge in [0.1, 0.15) is 5.52 Å². The summed E-state index contributed by atoms with van der Waals surface area (Å²) >= 11 is 11.2. The largest absolute Gasteiger partial charge is 0.436 e. The molecule has 0 bridgehead atoms. The van der Waals surface area contributed by atoms with E-state index in [1.807, 2.05) is 42.5 Å². The number of fused-ring (bicyclic) bond motifs is 1. The summed E-state index contributed by atoms with van der Waals surface area (Å²) < 4.78 is 5.97. The van der Waals surface area contributed by atoms with Crippen LogP contribution < -0.4 is 10.6 Å². The van der Waals surface area contributed by atoms with E-state index in [0.29, 0.717) is 22.5 Å². The van der Waals surface area contributed by atoms with Crippen molar-refractivity contribution in [3.05, 3.63) is 89.0 Å². The standard InChI is InChI=1S/C27H24ClN3O2S/c1-3-17(2)19-10-13-24-23(16-19)30-26(33-24)20-5-4-6-22(15-20)29-27(34)31-25(32)14-9-18-7-11-21(28)12-8-18/h4-17H,3H2,1-2H3,(H2,29,31,32,34)/b14-9+/t17-/m1/s1. The van der Waals surface area contributed by atoms with Gasteiger partial charge in [-0.05, 0) is 84.2 Å². The number of thiocarbonyl (C=S) groups is 1. The number of aromatic nitrogens is 1. The number of benzene rings is 3. The molecule has 0 fully saturated rings. The molecule has 4 aromatic rings. The molecule has 1 atom stereocenters. The van der Waals surface area contributed by atoms with Crippen molar-refractivity contribution in [2.75, 3.05) is 5.32 Å². The number of amides is 1. The highest BCUT2D eigenvalue weighted by Crippen LogP contribution is 2.29. The molecule has 172 valence electrons. The number of carbonyl (C=O) groups excluding carboxylic acids is 1. The van der Waals surface area contributed by atoms with Crippen molar-refractivity contribution < 1.29 is 9.21 Å². The van der Waals surface area contributed by atoms with Crippen LogP contribution in [0.3, 0.4) is 0 Å². The van der Waals surface area contributed by atoms with Crippen LogP contribution in [0.15, 0.2) is 77.2 Å². The molecule has 7 heteroatoms. The van der Waals surface area contributed by atoms with Crippen LogP contribution in [0.2, 0.25) is 5.02 Å². The third-order valence-electron chi connectivity index (χ3n) is 5.49. The van der Waals surface area contributed by atoms with E-state index in [0.717, 1.165) is 28.6 Å². The third kappa shape index (κ3) is 5.90. The van der Waals surface area contributed by atoms with Gasteiger partial charge in [0.2, 0.25) is 11.8 Å².